The van der Waals surface area contributed by atoms with Crippen LogP contribution in [-0.4, -0.2) is 42.8 Å². The van der Waals surface area contributed by atoms with E-state index >= 15 is 0 Å². The summed E-state index contributed by atoms with van der Waals surface area (Å²) in [5.41, 5.74) is 2.84. The van der Waals surface area contributed by atoms with Crippen molar-refractivity contribution in [2.24, 2.45) is 0 Å². The Balaban J connectivity index is 1.94. The molecule has 0 aliphatic carbocycles. The second-order valence-electron chi connectivity index (χ2n) is 8.36. The van der Waals surface area contributed by atoms with Gasteiger partial charge in [0.25, 0.3) is 0 Å². The van der Waals surface area contributed by atoms with Crippen LogP contribution < -0.4 is 14.8 Å². The first-order valence-electron chi connectivity index (χ1n) is 10.6. The van der Waals surface area contributed by atoms with Crippen molar-refractivity contribution in [2.45, 2.75) is 58.6 Å². The Bertz CT molecular complexity index is 814. The number of hydrogen-bond acceptors (Lipinski definition) is 5. The van der Waals surface area contributed by atoms with Gasteiger partial charge in [0, 0.05) is 24.1 Å². The van der Waals surface area contributed by atoms with Crippen molar-refractivity contribution in [1.29, 1.82) is 0 Å². The number of methoxy groups -OCH3 is 1. The van der Waals surface area contributed by atoms with Crippen LogP contribution in [0.25, 0.3) is 0 Å². The zero-order chi connectivity index (χ0) is 22.1. The number of rotatable bonds is 12. The van der Waals surface area contributed by atoms with Gasteiger partial charge >= 0.3 is 0 Å². The molecule has 2 aromatic carbocycles. The number of β-amino-alcohol motifs (C(OH)–C–C–N with tert-alkyl or cyclic N) is 1. The topological polar surface area (TPSA) is 67.8 Å². The maximum atomic E-state index is 12.4. The van der Waals surface area contributed by atoms with Gasteiger partial charge in [-0.2, -0.15) is 0 Å². The molecule has 2 N–H and O–H groups in total. The maximum absolute atomic E-state index is 12.4. The van der Waals surface area contributed by atoms with E-state index in [2.05, 4.69) is 26.1 Å². The van der Waals surface area contributed by atoms with Gasteiger partial charge in [0.1, 0.15) is 12.7 Å². The molecule has 2 rings (SSSR count). The lowest BCUT2D eigenvalue weighted by Gasteiger charge is -2.26. The largest absolute Gasteiger partial charge is 0.493 e. The van der Waals surface area contributed by atoms with Crippen molar-refractivity contribution in [3.05, 3.63) is 59.2 Å². The third kappa shape index (κ3) is 7.47. The molecule has 0 fully saturated rings. The van der Waals surface area contributed by atoms with E-state index in [1.165, 1.54) is 0 Å². The summed E-state index contributed by atoms with van der Waals surface area (Å²) in [6, 6.07) is 13.3. The first-order valence-corrected chi connectivity index (χ1v) is 10.6. The minimum atomic E-state index is -0.632. The summed E-state index contributed by atoms with van der Waals surface area (Å²) in [5, 5.41) is 13.6. The number of hydrogen-bond donors (Lipinski definition) is 2. The maximum Gasteiger partial charge on any atom is 0.163 e. The van der Waals surface area contributed by atoms with Gasteiger partial charge in [0.15, 0.2) is 17.3 Å². The minimum Gasteiger partial charge on any atom is -0.493 e. The zero-order valence-corrected chi connectivity index (χ0v) is 18.8. The number of aryl methyl sites for hydroxylation is 2. The molecule has 0 saturated heterocycles. The van der Waals surface area contributed by atoms with E-state index in [0.717, 1.165) is 23.1 Å². The molecule has 5 nitrogen and oxygen atoms in total. The van der Waals surface area contributed by atoms with Crippen LogP contribution in [-0.2, 0) is 6.42 Å². The summed E-state index contributed by atoms with van der Waals surface area (Å²) in [6.07, 6.45) is 1.37. The Kier molecular flexibility index (Phi) is 8.88. The summed E-state index contributed by atoms with van der Waals surface area (Å²) < 4.78 is 11.2. The SMILES string of the molecule is CCC(C)(C)NCC(O)COc1cc(CCC(=O)c2ccc(C)cc2)ccc1OC. The smallest absolute Gasteiger partial charge is 0.163 e. The summed E-state index contributed by atoms with van der Waals surface area (Å²) >= 11 is 0. The normalized spacial score (nSPS) is 12.5. The molecule has 0 saturated carbocycles. The lowest BCUT2D eigenvalue weighted by molar-refractivity contribution is 0.0969. The minimum absolute atomic E-state index is 0.0252. The fourth-order valence-electron chi connectivity index (χ4n) is 2.90. The Morgan fingerprint density at radius 1 is 1.13 bits per heavy atom. The summed E-state index contributed by atoms with van der Waals surface area (Å²) in [4.78, 5) is 12.4. The number of nitrogens with one attached hydrogen (secondary N) is 1. The van der Waals surface area contributed by atoms with Crippen molar-refractivity contribution >= 4 is 5.78 Å². The molecule has 0 radical (unpaired) electrons. The van der Waals surface area contributed by atoms with Crippen LogP contribution in [0.15, 0.2) is 42.5 Å². The fraction of sp³-hybridized carbons (Fsp3) is 0.480. The van der Waals surface area contributed by atoms with Crippen molar-refractivity contribution in [2.75, 3.05) is 20.3 Å². The monoisotopic (exact) mass is 413 g/mol. The average Bonchev–Trinajstić information content (AvgIpc) is 2.75. The highest BCUT2D eigenvalue weighted by Crippen LogP contribution is 2.29. The van der Waals surface area contributed by atoms with Gasteiger partial charge in [0.2, 0.25) is 0 Å². The number of carbonyl (C=O) groups excluding carboxylic acids is 1. The van der Waals surface area contributed by atoms with E-state index in [0.29, 0.717) is 30.9 Å². The highest BCUT2D eigenvalue weighted by Gasteiger charge is 2.17. The molecule has 0 bridgehead atoms. The van der Waals surface area contributed by atoms with E-state index in [1.54, 1.807) is 7.11 Å². The summed E-state index contributed by atoms with van der Waals surface area (Å²) in [5.74, 6) is 1.30. The Morgan fingerprint density at radius 3 is 2.47 bits per heavy atom. The molecular formula is C25H35NO4. The van der Waals surface area contributed by atoms with E-state index in [9.17, 15) is 9.90 Å². The van der Waals surface area contributed by atoms with E-state index in [1.807, 2.05) is 49.4 Å². The Hall–Kier alpha value is -2.37. The highest BCUT2D eigenvalue weighted by molar-refractivity contribution is 5.96. The predicted octanol–water partition coefficient (Wildman–Crippen LogP) is 4.34. The van der Waals surface area contributed by atoms with Crippen molar-refractivity contribution in [1.82, 2.24) is 5.32 Å². The molecule has 1 unspecified atom stereocenters. The molecule has 0 aliphatic heterocycles. The first kappa shape index (κ1) is 23.9. The fourth-order valence-corrected chi connectivity index (χ4v) is 2.90. The number of aliphatic hydroxyl groups is 1. The second-order valence-corrected chi connectivity index (χ2v) is 8.36. The summed E-state index contributed by atoms with van der Waals surface area (Å²) in [6.45, 7) is 8.93. The van der Waals surface area contributed by atoms with E-state index in [-0.39, 0.29) is 17.9 Å². The van der Waals surface area contributed by atoms with Gasteiger partial charge in [0.05, 0.1) is 7.11 Å². The molecule has 0 aliphatic rings. The number of Topliss-reactive ketones (excluding diaryl/α,β-unsaturated/α-hetero) is 1. The van der Waals surface area contributed by atoms with Gasteiger partial charge in [-0.25, -0.2) is 0 Å². The molecule has 5 heteroatoms. The van der Waals surface area contributed by atoms with Crippen LogP contribution in [0.3, 0.4) is 0 Å². The lowest BCUT2D eigenvalue weighted by atomic mass is 10.0. The molecule has 2 aromatic rings. The molecule has 1 atom stereocenters. The van der Waals surface area contributed by atoms with Crippen molar-refractivity contribution in [3.63, 3.8) is 0 Å². The van der Waals surface area contributed by atoms with E-state index in [4.69, 9.17) is 9.47 Å². The Morgan fingerprint density at radius 2 is 1.83 bits per heavy atom. The van der Waals surface area contributed by atoms with Crippen LogP contribution in [0.4, 0.5) is 0 Å². The van der Waals surface area contributed by atoms with Crippen molar-refractivity contribution < 1.29 is 19.4 Å². The number of benzene rings is 2. The van der Waals surface area contributed by atoms with Gasteiger partial charge < -0.3 is 19.9 Å². The zero-order valence-electron chi connectivity index (χ0n) is 18.8. The number of ketones is 1. The molecule has 0 spiro atoms. The molecule has 0 aromatic heterocycles. The van der Waals surface area contributed by atoms with Crippen LogP contribution in [0, 0.1) is 6.92 Å². The third-order valence-electron chi connectivity index (χ3n) is 5.37. The standard InChI is InChI=1S/C25H35NO4/c1-6-25(3,4)26-16-21(27)17-30-24-15-19(10-14-23(24)29-5)9-13-22(28)20-11-7-18(2)8-12-20/h7-8,10-12,14-15,21,26-27H,6,9,13,16-17H2,1-5H3. The molecule has 164 valence electrons. The number of carbonyl (C=O) groups is 1. The van der Waals surface area contributed by atoms with Crippen LogP contribution in [0.1, 0.15) is 55.1 Å². The first-order chi connectivity index (χ1) is 14.2. The second kappa shape index (κ2) is 11.1. The third-order valence-corrected chi connectivity index (χ3v) is 5.37. The predicted molar refractivity (Wildman–Crippen MR) is 121 cm³/mol. The Labute approximate surface area is 180 Å². The quantitative estimate of drug-likeness (QED) is 0.507. The highest BCUT2D eigenvalue weighted by atomic mass is 16.5. The molecule has 0 heterocycles. The molecule has 0 amide bonds. The van der Waals surface area contributed by atoms with Crippen LogP contribution >= 0.6 is 0 Å². The molecule has 30 heavy (non-hydrogen) atoms. The average molecular weight is 414 g/mol. The number of ether oxygens (including phenoxy) is 2. The molecular weight excluding hydrogens is 378 g/mol. The van der Waals surface area contributed by atoms with Gasteiger partial charge in [-0.3, -0.25) is 4.79 Å². The van der Waals surface area contributed by atoms with Gasteiger partial charge in [-0.15, -0.1) is 0 Å². The van der Waals surface area contributed by atoms with Crippen LogP contribution in [0.2, 0.25) is 0 Å². The van der Waals surface area contributed by atoms with Crippen LogP contribution in [0.5, 0.6) is 11.5 Å². The van der Waals surface area contributed by atoms with Gasteiger partial charge in [-0.1, -0.05) is 42.8 Å². The summed E-state index contributed by atoms with van der Waals surface area (Å²) in [7, 11) is 1.59. The number of aliphatic hydroxyl groups excluding tert-OH is 1. The lowest BCUT2D eigenvalue weighted by Crippen LogP contribution is -2.44. The van der Waals surface area contributed by atoms with Crippen molar-refractivity contribution in [3.8, 4) is 11.5 Å². The van der Waals surface area contributed by atoms with Gasteiger partial charge in [-0.05, 0) is 51.3 Å². The van der Waals surface area contributed by atoms with E-state index < -0.39 is 6.10 Å².